The lowest BCUT2D eigenvalue weighted by atomic mass is 10.0. The Morgan fingerprint density at radius 1 is 1.50 bits per heavy atom. The third kappa shape index (κ3) is 3.55. The van der Waals surface area contributed by atoms with Crippen LogP contribution in [0.4, 0.5) is 0 Å². The van der Waals surface area contributed by atoms with Gasteiger partial charge < -0.3 is 10.1 Å². The largest absolute Gasteiger partial charge is 0.467 e. The van der Waals surface area contributed by atoms with Crippen LogP contribution in [0, 0.1) is 0 Å². The second-order valence-corrected chi connectivity index (χ2v) is 4.67. The van der Waals surface area contributed by atoms with Crippen LogP contribution in [-0.2, 0) is 14.3 Å². The van der Waals surface area contributed by atoms with Gasteiger partial charge in [-0.3, -0.25) is 9.93 Å². The summed E-state index contributed by atoms with van der Waals surface area (Å²) in [6, 6.07) is -0.736. The fourth-order valence-corrected chi connectivity index (χ4v) is 1.20. The molecule has 1 unspecified atom stereocenters. The Bertz CT molecular complexity index is 231. The van der Waals surface area contributed by atoms with E-state index < -0.39 is 16.8 Å². The Labute approximate surface area is 87.9 Å². The van der Waals surface area contributed by atoms with Gasteiger partial charge in [0.05, 0.1) is 11.9 Å². The first-order valence-electron chi connectivity index (χ1n) is 4.08. The summed E-state index contributed by atoms with van der Waals surface area (Å²) in [6.07, 6.45) is 0. The standard InChI is InChI=1S/C8H16N2O3S/c1-5(11)10-6(7(12)13-4)8(2,3)14-9/h6H,9H2,1-4H3,(H,10,11). The van der Waals surface area contributed by atoms with Gasteiger partial charge in [-0.1, -0.05) is 11.9 Å². The molecule has 0 saturated carbocycles. The molecule has 0 rings (SSSR count). The van der Waals surface area contributed by atoms with Gasteiger partial charge in [0.15, 0.2) is 0 Å². The molecule has 0 bridgehead atoms. The Kier molecular flexibility index (Phi) is 4.93. The van der Waals surface area contributed by atoms with Crippen molar-refractivity contribution in [1.29, 1.82) is 0 Å². The first-order chi connectivity index (χ1) is 6.35. The summed E-state index contributed by atoms with van der Waals surface area (Å²) in [4.78, 5) is 22.2. The summed E-state index contributed by atoms with van der Waals surface area (Å²) in [6.45, 7) is 4.86. The van der Waals surface area contributed by atoms with E-state index in [-0.39, 0.29) is 5.91 Å². The monoisotopic (exact) mass is 220 g/mol. The Hall–Kier alpha value is -0.750. The Morgan fingerprint density at radius 2 is 2.00 bits per heavy atom. The van der Waals surface area contributed by atoms with Crippen molar-refractivity contribution >= 4 is 23.8 Å². The van der Waals surface area contributed by atoms with Crippen molar-refractivity contribution in [2.45, 2.75) is 31.6 Å². The van der Waals surface area contributed by atoms with Crippen molar-refractivity contribution in [2.24, 2.45) is 5.14 Å². The Balaban J connectivity index is 4.71. The first-order valence-corrected chi connectivity index (χ1v) is 4.96. The molecule has 5 nitrogen and oxygen atoms in total. The third-order valence-corrected chi connectivity index (χ3v) is 2.63. The van der Waals surface area contributed by atoms with Crippen LogP contribution >= 0.6 is 11.9 Å². The van der Waals surface area contributed by atoms with Crippen LogP contribution in [0.25, 0.3) is 0 Å². The first kappa shape index (κ1) is 13.2. The maximum absolute atomic E-state index is 11.3. The average molecular weight is 220 g/mol. The van der Waals surface area contributed by atoms with E-state index in [4.69, 9.17) is 5.14 Å². The SMILES string of the molecule is COC(=O)C(NC(C)=O)C(C)(C)SN. The smallest absolute Gasteiger partial charge is 0.329 e. The van der Waals surface area contributed by atoms with E-state index in [0.717, 1.165) is 11.9 Å². The topological polar surface area (TPSA) is 81.4 Å². The summed E-state index contributed by atoms with van der Waals surface area (Å²) in [7, 11) is 1.27. The van der Waals surface area contributed by atoms with Gasteiger partial charge in [-0.2, -0.15) is 0 Å². The minimum Gasteiger partial charge on any atom is -0.467 e. The zero-order valence-electron chi connectivity index (χ0n) is 8.79. The van der Waals surface area contributed by atoms with Crippen molar-refractivity contribution in [1.82, 2.24) is 5.32 Å². The summed E-state index contributed by atoms with van der Waals surface area (Å²) in [5.41, 5.74) is 0. The van der Waals surface area contributed by atoms with Crippen LogP contribution in [0.2, 0.25) is 0 Å². The van der Waals surface area contributed by atoms with Crippen LogP contribution in [0.5, 0.6) is 0 Å². The number of hydrogen-bond donors (Lipinski definition) is 2. The van der Waals surface area contributed by atoms with Gasteiger partial charge in [0.25, 0.3) is 0 Å². The van der Waals surface area contributed by atoms with E-state index in [2.05, 4.69) is 10.1 Å². The number of amides is 1. The number of carbonyl (C=O) groups is 2. The quantitative estimate of drug-likeness (QED) is 0.517. The molecule has 0 heterocycles. The molecule has 14 heavy (non-hydrogen) atoms. The molecular weight excluding hydrogens is 204 g/mol. The number of nitrogens with one attached hydrogen (secondary N) is 1. The fraction of sp³-hybridized carbons (Fsp3) is 0.750. The lowest BCUT2D eigenvalue weighted by Crippen LogP contribution is -2.53. The second kappa shape index (κ2) is 5.21. The van der Waals surface area contributed by atoms with E-state index in [1.807, 2.05) is 0 Å². The number of carbonyl (C=O) groups excluding carboxylic acids is 2. The van der Waals surface area contributed by atoms with Gasteiger partial charge in [-0.25, -0.2) is 4.79 Å². The minimum absolute atomic E-state index is 0.289. The molecule has 0 fully saturated rings. The zero-order chi connectivity index (χ0) is 11.4. The molecule has 0 saturated heterocycles. The molecule has 0 aromatic heterocycles. The van der Waals surface area contributed by atoms with Crippen molar-refractivity contribution in [3.05, 3.63) is 0 Å². The second-order valence-electron chi connectivity index (χ2n) is 3.38. The highest BCUT2D eigenvalue weighted by atomic mass is 32.2. The molecular formula is C8H16N2O3S. The minimum atomic E-state index is -0.736. The van der Waals surface area contributed by atoms with Gasteiger partial charge in [0, 0.05) is 6.92 Å². The lowest BCUT2D eigenvalue weighted by molar-refractivity contribution is -0.145. The molecule has 0 aromatic carbocycles. The van der Waals surface area contributed by atoms with E-state index >= 15 is 0 Å². The van der Waals surface area contributed by atoms with Gasteiger partial charge in [-0.15, -0.1) is 0 Å². The fourth-order valence-electron chi connectivity index (χ4n) is 0.906. The van der Waals surface area contributed by atoms with E-state index in [0.29, 0.717) is 0 Å². The number of hydrogen-bond acceptors (Lipinski definition) is 5. The highest BCUT2D eigenvalue weighted by Gasteiger charge is 2.36. The molecule has 0 aromatic rings. The van der Waals surface area contributed by atoms with Gasteiger partial charge in [0.1, 0.15) is 6.04 Å². The number of nitrogens with two attached hydrogens (primary N) is 1. The maximum Gasteiger partial charge on any atom is 0.329 e. The van der Waals surface area contributed by atoms with Gasteiger partial charge >= 0.3 is 5.97 Å². The molecule has 1 amide bonds. The molecule has 0 aliphatic heterocycles. The lowest BCUT2D eigenvalue weighted by Gasteiger charge is -2.30. The molecule has 0 radical (unpaired) electrons. The summed E-state index contributed by atoms with van der Waals surface area (Å²) in [5.74, 6) is -0.786. The van der Waals surface area contributed by atoms with E-state index in [1.54, 1.807) is 13.8 Å². The summed E-state index contributed by atoms with van der Waals surface area (Å²) in [5, 5.41) is 7.94. The third-order valence-electron chi connectivity index (χ3n) is 1.78. The Morgan fingerprint density at radius 3 is 2.29 bits per heavy atom. The van der Waals surface area contributed by atoms with Crippen LogP contribution in [-0.4, -0.2) is 29.8 Å². The van der Waals surface area contributed by atoms with Crippen LogP contribution < -0.4 is 10.5 Å². The average Bonchev–Trinajstić information content (AvgIpc) is 2.12. The van der Waals surface area contributed by atoms with Crippen molar-refractivity contribution in [3.63, 3.8) is 0 Å². The van der Waals surface area contributed by atoms with Gasteiger partial charge in [-0.05, 0) is 13.8 Å². The highest BCUT2D eigenvalue weighted by Crippen LogP contribution is 2.23. The number of rotatable bonds is 4. The number of esters is 1. The number of ether oxygens (including phenoxy) is 1. The molecule has 0 aliphatic rings. The van der Waals surface area contributed by atoms with Crippen molar-refractivity contribution < 1.29 is 14.3 Å². The molecule has 6 heteroatoms. The zero-order valence-corrected chi connectivity index (χ0v) is 9.60. The molecule has 0 aliphatic carbocycles. The molecule has 0 spiro atoms. The summed E-state index contributed by atoms with van der Waals surface area (Å²) >= 11 is 1.01. The molecule has 1 atom stereocenters. The van der Waals surface area contributed by atoms with Crippen LogP contribution in [0.15, 0.2) is 0 Å². The van der Waals surface area contributed by atoms with Crippen molar-refractivity contribution in [2.75, 3.05) is 7.11 Å². The molecule has 3 N–H and O–H groups in total. The van der Waals surface area contributed by atoms with E-state index in [1.165, 1.54) is 14.0 Å². The predicted octanol–water partition coefficient (Wildman–Crippen LogP) is 0.0496. The molecule has 82 valence electrons. The number of methoxy groups -OCH3 is 1. The highest BCUT2D eigenvalue weighted by molar-refractivity contribution is 7.98. The normalized spacial score (nSPS) is 13.2. The van der Waals surface area contributed by atoms with E-state index in [9.17, 15) is 9.59 Å². The van der Waals surface area contributed by atoms with Crippen LogP contribution in [0.3, 0.4) is 0 Å². The van der Waals surface area contributed by atoms with Gasteiger partial charge in [0.2, 0.25) is 5.91 Å². The maximum atomic E-state index is 11.3. The van der Waals surface area contributed by atoms with Crippen LogP contribution in [0.1, 0.15) is 20.8 Å². The van der Waals surface area contributed by atoms with Crippen molar-refractivity contribution in [3.8, 4) is 0 Å². The predicted molar refractivity (Wildman–Crippen MR) is 55.5 cm³/mol. The summed E-state index contributed by atoms with van der Waals surface area (Å²) < 4.78 is 3.98.